The number of aliphatic hydroxyl groups is 1. The highest BCUT2D eigenvalue weighted by Crippen LogP contribution is 2.40. The second kappa shape index (κ2) is 6.30. The van der Waals surface area contributed by atoms with Crippen molar-refractivity contribution in [3.05, 3.63) is 0 Å². The third-order valence-corrected chi connectivity index (χ3v) is 5.85. The molecule has 0 aromatic heterocycles. The van der Waals surface area contributed by atoms with E-state index in [1.54, 1.807) is 0 Å². The van der Waals surface area contributed by atoms with Gasteiger partial charge in [0, 0.05) is 44.1 Å². The zero-order valence-electron chi connectivity index (χ0n) is 12.8. The van der Waals surface area contributed by atoms with E-state index in [0.29, 0.717) is 17.9 Å². The van der Waals surface area contributed by atoms with Crippen LogP contribution in [0, 0.1) is 11.8 Å². The Labute approximate surface area is 122 Å². The van der Waals surface area contributed by atoms with Crippen LogP contribution in [0.15, 0.2) is 0 Å². The van der Waals surface area contributed by atoms with E-state index in [2.05, 4.69) is 17.3 Å². The van der Waals surface area contributed by atoms with Crippen molar-refractivity contribution in [3.63, 3.8) is 0 Å². The molecule has 2 aliphatic heterocycles. The molecule has 0 bridgehead atoms. The Hall–Kier alpha value is -0.160. The van der Waals surface area contributed by atoms with Gasteiger partial charge in [-0.2, -0.15) is 0 Å². The van der Waals surface area contributed by atoms with Crippen LogP contribution in [0.3, 0.4) is 0 Å². The van der Waals surface area contributed by atoms with E-state index < -0.39 is 0 Å². The number of piperidine rings is 1. The Morgan fingerprint density at radius 1 is 1.30 bits per heavy atom. The van der Waals surface area contributed by atoms with Gasteiger partial charge in [-0.3, -0.25) is 0 Å². The van der Waals surface area contributed by atoms with Crippen LogP contribution >= 0.6 is 0 Å². The predicted octanol–water partition coefficient (Wildman–Crippen LogP) is 1.24. The molecule has 3 fully saturated rings. The number of hydrogen-bond acceptors (Lipinski definition) is 4. The Morgan fingerprint density at radius 2 is 2.20 bits per heavy atom. The van der Waals surface area contributed by atoms with E-state index in [9.17, 15) is 5.11 Å². The van der Waals surface area contributed by atoms with Crippen molar-refractivity contribution in [1.29, 1.82) is 0 Å². The average Bonchev–Trinajstić information content (AvgIpc) is 2.48. The molecule has 0 aromatic carbocycles. The number of nitrogens with zero attached hydrogens (tertiary/aromatic N) is 1. The first-order valence-corrected chi connectivity index (χ1v) is 8.41. The minimum atomic E-state index is -0.347. The molecule has 116 valence electrons. The molecule has 1 aliphatic carbocycles. The molecule has 4 heteroatoms. The van der Waals surface area contributed by atoms with Crippen molar-refractivity contribution in [2.24, 2.45) is 11.8 Å². The molecule has 0 spiro atoms. The fraction of sp³-hybridized carbons (Fsp3) is 1.00. The number of rotatable bonds is 3. The molecule has 1 saturated carbocycles. The molecular formula is C16H30N2O2. The van der Waals surface area contributed by atoms with Gasteiger partial charge >= 0.3 is 0 Å². The van der Waals surface area contributed by atoms with Crippen molar-refractivity contribution in [2.45, 2.75) is 50.2 Å². The summed E-state index contributed by atoms with van der Waals surface area (Å²) in [4.78, 5) is 2.58. The lowest BCUT2D eigenvalue weighted by molar-refractivity contribution is -0.101. The SMILES string of the molecule is CNC1CCOCC1CN1CCC2(O)CCCCC2C1. The molecule has 4 atom stereocenters. The fourth-order valence-corrected chi connectivity index (χ4v) is 4.49. The molecule has 0 radical (unpaired) electrons. The van der Waals surface area contributed by atoms with Crippen LogP contribution in [0.1, 0.15) is 38.5 Å². The summed E-state index contributed by atoms with van der Waals surface area (Å²) in [6, 6.07) is 0.593. The molecule has 0 aromatic rings. The zero-order valence-corrected chi connectivity index (χ0v) is 12.8. The summed E-state index contributed by atoms with van der Waals surface area (Å²) in [6.45, 7) is 5.04. The van der Waals surface area contributed by atoms with Gasteiger partial charge in [0.15, 0.2) is 0 Å². The van der Waals surface area contributed by atoms with E-state index in [0.717, 1.165) is 52.1 Å². The smallest absolute Gasteiger partial charge is 0.0700 e. The van der Waals surface area contributed by atoms with E-state index in [4.69, 9.17) is 4.74 Å². The summed E-state index contributed by atoms with van der Waals surface area (Å²) in [5.41, 5.74) is -0.347. The second-order valence-electron chi connectivity index (χ2n) is 7.07. The van der Waals surface area contributed by atoms with E-state index >= 15 is 0 Å². The first-order valence-electron chi connectivity index (χ1n) is 8.41. The van der Waals surface area contributed by atoms with Crippen molar-refractivity contribution in [1.82, 2.24) is 10.2 Å². The van der Waals surface area contributed by atoms with Gasteiger partial charge in [0.1, 0.15) is 0 Å². The highest BCUT2D eigenvalue weighted by Gasteiger charge is 2.43. The largest absolute Gasteiger partial charge is 0.390 e. The Kier molecular flexibility index (Phi) is 4.65. The van der Waals surface area contributed by atoms with Crippen LogP contribution in [-0.4, -0.2) is 61.5 Å². The van der Waals surface area contributed by atoms with Crippen LogP contribution in [0.25, 0.3) is 0 Å². The monoisotopic (exact) mass is 282 g/mol. The lowest BCUT2D eigenvalue weighted by atomic mass is 9.71. The third-order valence-electron chi connectivity index (χ3n) is 5.85. The molecule has 4 nitrogen and oxygen atoms in total. The van der Waals surface area contributed by atoms with Crippen LogP contribution in [0.5, 0.6) is 0 Å². The molecule has 4 unspecified atom stereocenters. The normalized spacial score (nSPS) is 43.2. The molecule has 3 rings (SSSR count). The highest BCUT2D eigenvalue weighted by atomic mass is 16.5. The first kappa shape index (κ1) is 14.8. The summed E-state index contributed by atoms with van der Waals surface area (Å²) in [6.07, 6.45) is 6.84. The number of hydrogen-bond donors (Lipinski definition) is 2. The number of nitrogens with one attached hydrogen (secondary N) is 1. The van der Waals surface area contributed by atoms with Crippen LogP contribution in [0.4, 0.5) is 0 Å². The number of likely N-dealkylation sites (tertiary alicyclic amines) is 1. The van der Waals surface area contributed by atoms with Gasteiger partial charge in [0.2, 0.25) is 0 Å². The zero-order chi connectivity index (χ0) is 14.0. The van der Waals surface area contributed by atoms with E-state index in [1.165, 1.54) is 19.3 Å². The van der Waals surface area contributed by atoms with Crippen LogP contribution in [-0.2, 0) is 4.74 Å². The topological polar surface area (TPSA) is 44.7 Å². The van der Waals surface area contributed by atoms with Gasteiger partial charge in [0.05, 0.1) is 12.2 Å². The number of ether oxygens (including phenoxy) is 1. The summed E-state index contributed by atoms with van der Waals surface area (Å²) >= 11 is 0. The van der Waals surface area contributed by atoms with Gasteiger partial charge < -0.3 is 20.1 Å². The molecule has 2 saturated heterocycles. The summed E-state index contributed by atoms with van der Waals surface area (Å²) < 4.78 is 5.67. The van der Waals surface area contributed by atoms with Crippen LogP contribution in [0.2, 0.25) is 0 Å². The molecular weight excluding hydrogens is 252 g/mol. The van der Waals surface area contributed by atoms with Crippen molar-refractivity contribution in [3.8, 4) is 0 Å². The third kappa shape index (κ3) is 3.03. The Bertz CT molecular complexity index is 326. The number of fused-ring (bicyclic) bond motifs is 1. The standard InChI is InChI=1S/C16H30N2O2/c1-17-15-5-9-20-12-13(15)10-18-8-7-16(19)6-3-2-4-14(16)11-18/h13-15,17,19H,2-12H2,1H3. The molecule has 0 amide bonds. The Balaban J connectivity index is 1.56. The molecule has 20 heavy (non-hydrogen) atoms. The summed E-state index contributed by atoms with van der Waals surface area (Å²) in [7, 11) is 2.07. The van der Waals surface area contributed by atoms with Crippen molar-refractivity contribution in [2.75, 3.05) is 39.9 Å². The van der Waals surface area contributed by atoms with Gasteiger partial charge in [-0.1, -0.05) is 12.8 Å². The Morgan fingerprint density at radius 3 is 3.05 bits per heavy atom. The maximum absolute atomic E-state index is 10.7. The van der Waals surface area contributed by atoms with Gasteiger partial charge in [-0.05, 0) is 32.7 Å². The lowest BCUT2D eigenvalue weighted by Crippen LogP contribution is -2.55. The molecule has 3 aliphatic rings. The predicted molar refractivity (Wildman–Crippen MR) is 79.7 cm³/mol. The quantitative estimate of drug-likeness (QED) is 0.817. The van der Waals surface area contributed by atoms with E-state index in [1.807, 2.05) is 0 Å². The minimum absolute atomic E-state index is 0.347. The van der Waals surface area contributed by atoms with E-state index in [-0.39, 0.29) is 5.60 Å². The maximum Gasteiger partial charge on any atom is 0.0700 e. The van der Waals surface area contributed by atoms with Gasteiger partial charge in [0.25, 0.3) is 0 Å². The maximum atomic E-state index is 10.7. The first-order chi connectivity index (χ1) is 9.71. The van der Waals surface area contributed by atoms with Crippen molar-refractivity contribution >= 4 is 0 Å². The minimum Gasteiger partial charge on any atom is -0.390 e. The lowest BCUT2D eigenvalue weighted by Gasteiger charge is -2.48. The van der Waals surface area contributed by atoms with Gasteiger partial charge in [-0.25, -0.2) is 0 Å². The van der Waals surface area contributed by atoms with Crippen molar-refractivity contribution < 1.29 is 9.84 Å². The molecule has 2 heterocycles. The van der Waals surface area contributed by atoms with Crippen LogP contribution < -0.4 is 5.32 Å². The fourth-order valence-electron chi connectivity index (χ4n) is 4.49. The molecule has 2 N–H and O–H groups in total. The highest BCUT2D eigenvalue weighted by molar-refractivity contribution is 4.96. The summed E-state index contributed by atoms with van der Waals surface area (Å²) in [5, 5.41) is 14.2. The average molecular weight is 282 g/mol. The summed E-state index contributed by atoms with van der Waals surface area (Å²) in [5.74, 6) is 1.10. The van der Waals surface area contributed by atoms with Gasteiger partial charge in [-0.15, -0.1) is 0 Å². The second-order valence-corrected chi connectivity index (χ2v) is 7.07.